The third-order valence-corrected chi connectivity index (χ3v) is 12.7. The van der Waals surface area contributed by atoms with Crippen LogP contribution in [-0.4, -0.2) is 11.7 Å². The van der Waals surface area contributed by atoms with Crippen molar-refractivity contribution in [2.45, 2.75) is 6.54 Å². The summed E-state index contributed by atoms with van der Waals surface area (Å²) in [6.07, 6.45) is 0. The van der Waals surface area contributed by atoms with Crippen molar-refractivity contribution in [1.82, 2.24) is 0 Å². The van der Waals surface area contributed by atoms with Gasteiger partial charge in [-0.05, 0) is 129 Å². The van der Waals surface area contributed by atoms with Crippen LogP contribution < -0.4 is 5.73 Å². The first kappa shape index (κ1) is 35.8. The predicted octanol–water partition coefficient (Wildman–Crippen LogP) is 14.6. The van der Waals surface area contributed by atoms with Crippen LogP contribution in [0.3, 0.4) is 0 Å². The molecule has 290 valence electrons. The first-order valence-corrected chi connectivity index (χ1v) is 21.2. The molecule has 2 N–H and O–H groups in total. The van der Waals surface area contributed by atoms with E-state index in [9.17, 15) is 0 Å². The van der Waals surface area contributed by atoms with Gasteiger partial charge in [0.15, 0.2) is 5.84 Å². The van der Waals surface area contributed by atoms with Gasteiger partial charge in [-0.15, -0.1) is 0 Å². The SMILES string of the molecule is NC(=NC(=NCc1ccccc1)c1ccccc1)c1cccc(-c2cc(-c3ccc4c5c(cccc35)-c3ccccc3-4)cc(-c3ccc4c5c(cccc35)-c3ccccc3-4)c2)c1. The van der Waals surface area contributed by atoms with E-state index in [2.05, 4.69) is 158 Å². The number of hydrogen-bond acceptors (Lipinski definition) is 1. The van der Waals surface area contributed by atoms with Crippen LogP contribution >= 0.6 is 0 Å². The molecule has 0 spiro atoms. The summed E-state index contributed by atoms with van der Waals surface area (Å²) in [5, 5.41) is 5.14. The number of rotatable bonds is 7. The van der Waals surface area contributed by atoms with Gasteiger partial charge in [-0.3, -0.25) is 4.99 Å². The van der Waals surface area contributed by atoms with Crippen molar-refractivity contribution >= 4 is 33.2 Å². The van der Waals surface area contributed by atoms with Crippen LogP contribution in [0.4, 0.5) is 0 Å². The second-order valence-corrected chi connectivity index (χ2v) is 16.2. The van der Waals surface area contributed by atoms with Gasteiger partial charge in [-0.2, -0.15) is 0 Å². The van der Waals surface area contributed by atoms with Crippen LogP contribution in [0.1, 0.15) is 16.7 Å². The Kier molecular flexibility index (Phi) is 8.39. The quantitative estimate of drug-likeness (QED) is 0.127. The van der Waals surface area contributed by atoms with Crippen molar-refractivity contribution in [2.24, 2.45) is 15.7 Å². The van der Waals surface area contributed by atoms with Crippen molar-refractivity contribution in [2.75, 3.05) is 0 Å². The number of amidine groups is 2. The molecule has 62 heavy (non-hydrogen) atoms. The molecule has 3 nitrogen and oxygen atoms in total. The third kappa shape index (κ3) is 5.89. The van der Waals surface area contributed by atoms with E-state index in [1.807, 2.05) is 54.6 Å². The normalized spacial score (nSPS) is 12.5. The van der Waals surface area contributed by atoms with E-state index < -0.39 is 0 Å². The van der Waals surface area contributed by atoms with Gasteiger partial charge in [0.25, 0.3) is 0 Å². The maximum atomic E-state index is 6.93. The molecule has 0 amide bonds. The summed E-state index contributed by atoms with van der Waals surface area (Å²) in [5.41, 5.74) is 27.1. The van der Waals surface area contributed by atoms with E-state index in [1.54, 1.807) is 0 Å². The number of fused-ring (bicyclic) bond motifs is 6. The van der Waals surface area contributed by atoms with E-state index in [0.717, 1.165) is 38.9 Å². The fraction of sp³-hybridized carbons (Fsp3) is 0.0169. The highest BCUT2D eigenvalue weighted by atomic mass is 15.0. The highest BCUT2D eigenvalue weighted by molar-refractivity contribution is 6.20. The Labute approximate surface area is 360 Å². The molecule has 0 unspecified atom stereocenters. The van der Waals surface area contributed by atoms with Crippen LogP contribution in [0, 0.1) is 0 Å². The molecule has 10 aromatic carbocycles. The summed E-state index contributed by atoms with van der Waals surface area (Å²) in [6, 6.07) is 76.2. The molecule has 0 radical (unpaired) electrons. The molecule has 0 heterocycles. The first-order valence-electron chi connectivity index (χ1n) is 21.2. The molecule has 0 atom stereocenters. The molecular weight excluding hydrogens is 751 g/mol. The average Bonchev–Trinajstić information content (AvgIpc) is 3.85. The molecular formula is C59H39N3. The molecule has 10 aromatic rings. The molecule has 0 saturated carbocycles. The Balaban J connectivity index is 1.03. The van der Waals surface area contributed by atoms with Crippen molar-refractivity contribution in [1.29, 1.82) is 0 Å². The zero-order valence-corrected chi connectivity index (χ0v) is 33.9. The third-order valence-electron chi connectivity index (χ3n) is 12.7. The second-order valence-electron chi connectivity index (χ2n) is 16.2. The standard InChI is InChI=1S/C59H39N3/c60-58(62-59(38-16-5-2-6-17-38)61-36-37-14-3-1-4-15-37)40-19-11-18-39(32-40)41-33-42(44-28-30-54-48-22-9-7-20-46(48)52-26-12-24-50(44)56(52)54)35-43(34-41)45-29-31-55-49-23-10-8-21-47(49)53-27-13-25-51(45)57(53)55/h1-35H,36H2,(H2,60,61,62). The molecule has 2 aliphatic rings. The smallest absolute Gasteiger partial charge is 0.157 e. The van der Waals surface area contributed by atoms with E-state index in [0.29, 0.717) is 18.2 Å². The van der Waals surface area contributed by atoms with Crippen LogP contribution in [0.2, 0.25) is 0 Å². The Morgan fingerprint density at radius 3 is 1.34 bits per heavy atom. The van der Waals surface area contributed by atoms with Gasteiger partial charge in [0.05, 0.1) is 6.54 Å². The zero-order chi connectivity index (χ0) is 41.1. The Hall–Kier alpha value is -8.14. The van der Waals surface area contributed by atoms with Crippen LogP contribution in [-0.2, 0) is 6.54 Å². The van der Waals surface area contributed by atoms with Crippen molar-refractivity contribution < 1.29 is 0 Å². The first-order chi connectivity index (χ1) is 30.7. The Morgan fingerprint density at radius 1 is 0.339 bits per heavy atom. The van der Waals surface area contributed by atoms with E-state index >= 15 is 0 Å². The summed E-state index contributed by atoms with van der Waals surface area (Å²) in [5.74, 6) is 1.02. The van der Waals surface area contributed by atoms with E-state index in [-0.39, 0.29) is 0 Å². The Bertz CT molecular complexity index is 3280. The lowest BCUT2D eigenvalue weighted by Gasteiger charge is -2.16. The molecule has 3 heteroatoms. The average molecular weight is 790 g/mol. The predicted molar refractivity (Wildman–Crippen MR) is 260 cm³/mol. The van der Waals surface area contributed by atoms with E-state index in [4.69, 9.17) is 15.7 Å². The van der Waals surface area contributed by atoms with Crippen molar-refractivity contribution in [3.63, 3.8) is 0 Å². The number of nitrogens with zero attached hydrogens (tertiary/aromatic N) is 2. The lowest BCUT2D eigenvalue weighted by atomic mass is 9.88. The molecule has 0 saturated heterocycles. The van der Waals surface area contributed by atoms with Crippen molar-refractivity contribution in [3.05, 3.63) is 229 Å². The Morgan fingerprint density at radius 2 is 0.774 bits per heavy atom. The maximum absolute atomic E-state index is 6.93. The lowest BCUT2D eigenvalue weighted by molar-refractivity contribution is 1.06. The minimum absolute atomic E-state index is 0.415. The number of nitrogens with two attached hydrogens (primary N) is 1. The largest absolute Gasteiger partial charge is 0.383 e. The molecule has 2 aliphatic carbocycles. The fourth-order valence-electron chi connectivity index (χ4n) is 9.79. The highest BCUT2D eigenvalue weighted by Gasteiger charge is 2.25. The minimum atomic E-state index is 0.415. The summed E-state index contributed by atoms with van der Waals surface area (Å²) >= 11 is 0. The van der Waals surface area contributed by atoms with Gasteiger partial charge in [0.1, 0.15) is 5.84 Å². The van der Waals surface area contributed by atoms with Gasteiger partial charge < -0.3 is 5.73 Å². The number of hydrogen-bond donors (Lipinski definition) is 1. The maximum Gasteiger partial charge on any atom is 0.157 e. The van der Waals surface area contributed by atoms with Gasteiger partial charge in [0.2, 0.25) is 0 Å². The highest BCUT2D eigenvalue weighted by Crippen LogP contribution is 2.51. The second kappa shape index (κ2) is 14.5. The molecule has 12 rings (SSSR count). The number of aliphatic imine (C=N–C) groups is 2. The van der Waals surface area contributed by atoms with Gasteiger partial charge >= 0.3 is 0 Å². The summed E-state index contributed by atoms with van der Waals surface area (Å²) in [7, 11) is 0. The molecule has 0 aliphatic heterocycles. The van der Waals surface area contributed by atoms with Crippen LogP contribution in [0.25, 0.3) is 99.4 Å². The summed E-state index contributed by atoms with van der Waals surface area (Å²) in [4.78, 5) is 9.95. The zero-order valence-electron chi connectivity index (χ0n) is 33.9. The van der Waals surface area contributed by atoms with Crippen molar-refractivity contribution in [3.8, 4) is 77.9 Å². The minimum Gasteiger partial charge on any atom is -0.383 e. The monoisotopic (exact) mass is 789 g/mol. The number of benzene rings is 10. The molecule has 0 bridgehead atoms. The molecule has 0 aromatic heterocycles. The van der Waals surface area contributed by atoms with Gasteiger partial charge in [0, 0.05) is 11.1 Å². The van der Waals surface area contributed by atoms with Gasteiger partial charge in [-0.1, -0.05) is 188 Å². The fourth-order valence-corrected chi connectivity index (χ4v) is 9.79. The molecule has 0 fully saturated rings. The topological polar surface area (TPSA) is 50.7 Å². The van der Waals surface area contributed by atoms with Crippen LogP contribution in [0.5, 0.6) is 0 Å². The van der Waals surface area contributed by atoms with Gasteiger partial charge in [-0.25, -0.2) is 4.99 Å². The van der Waals surface area contributed by atoms with Crippen LogP contribution in [0.15, 0.2) is 222 Å². The van der Waals surface area contributed by atoms with E-state index in [1.165, 1.54) is 77.2 Å². The lowest BCUT2D eigenvalue weighted by Crippen LogP contribution is -2.16. The summed E-state index contributed by atoms with van der Waals surface area (Å²) < 4.78 is 0. The summed E-state index contributed by atoms with van der Waals surface area (Å²) in [6.45, 7) is 0.504.